The maximum absolute atomic E-state index is 13.3. The molecule has 0 bridgehead atoms. The van der Waals surface area contributed by atoms with Crippen LogP contribution in [0.1, 0.15) is 25.5 Å². The molecule has 2 aliphatic heterocycles. The molecular weight excluding hydrogens is 373 g/mol. The average Bonchev–Trinajstić information content (AvgIpc) is 2.63. The van der Waals surface area contributed by atoms with Crippen LogP contribution in [-0.2, 0) is 19.7 Å². The van der Waals surface area contributed by atoms with Crippen LogP contribution in [0.2, 0.25) is 0 Å². The first-order chi connectivity index (χ1) is 12.8. The second-order valence-corrected chi connectivity index (χ2v) is 8.90. The Morgan fingerprint density at radius 2 is 1.74 bits per heavy atom. The smallest absolute Gasteiger partial charge is 0.279 e. The van der Waals surface area contributed by atoms with Crippen molar-refractivity contribution in [3.8, 4) is 0 Å². The van der Waals surface area contributed by atoms with Gasteiger partial charge in [-0.3, -0.25) is 4.90 Å². The third kappa shape index (κ3) is 5.46. The number of hydrogen-bond donors (Lipinski definition) is 1. The van der Waals surface area contributed by atoms with Gasteiger partial charge in [0.25, 0.3) is 10.2 Å². The molecule has 3 rings (SSSR count). The predicted molar refractivity (Wildman–Crippen MR) is 100 cm³/mol. The number of rotatable bonds is 6. The van der Waals surface area contributed by atoms with Gasteiger partial charge in [-0.05, 0) is 31.5 Å². The third-order valence-electron chi connectivity index (χ3n) is 4.93. The minimum atomic E-state index is -3.63. The second kappa shape index (κ2) is 8.93. The zero-order valence-electron chi connectivity index (χ0n) is 15.8. The van der Waals surface area contributed by atoms with E-state index < -0.39 is 10.2 Å². The molecule has 2 heterocycles. The molecule has 0 spiro atoms. The molecule has 1 aromatic carbocycles. The number of nitrogens with one attached hydrogen (secondary N) is 1. The van der Waals surface area contributed by atoms with Crippen LogP contribution in [0.15, 0.2) is 24.3 Å². The van der Waals surface area contributed by atoms with Crippen LogP contribution in [0.3, 0.4) is 0 Å². The molecule has 3 unspecified atom stereocenters. The van der Waals surface area contributed by atoms with E-state index in [1.807, 2.05) is 13.8 Å². The Bertz CT molecular complexity index is 700. The van der Waals surface area contributed by atoms with Crippen molar-refractivity contribution in [1.29, 1.82) is 0 Å². The molecule has 1 aromatic rings. The van der Waals surface area contributed by atoms with Crippen molar-refractivity contribution in [2.24, 2.45) is 0 Å². The highest BCUT2D eigenvalue weighted by Gasteiger charge is 2.32. The summed E-state index contributed by atoms with van der Waals surface area (Å²) in [6.45, 7) is 7.22. The van der Waals surface area contributed by atoms with Crippen LogP contribution >= 0.6 is 0 Å². The summed E-state index contributed by atoms with van der Waals surface area (Å²) in [5, 5.41) is 0. The van der Waals surface area contributed by atoms with Gasteiger partial charge in [0.2, 0.25) is 0 Å². The first-order valence-electron chi connectivity index (χ1n) is 9.32. The minimum absolute atomic E-state index is 0.141. The predicted octanol–water partition coefficient (Wildman–Crippen LogP) is 1.14. The molecule has 2 saturated heterocycles. The van der Waals surface area contributed by atoms with Crippen LogP contribution in [0.25, 0.3) is 0 Å². The van der Waals surface area contributed by atoms with Crippen molar-refractivity contribution in [2.75, 3.05) is 45.9 Å². The lowest BCUT2D eigenvalue weighted by molar-refractivity contribution is -0.0444. The van der Waals surface area contributed by atoms with Crippen molar-refractivity contribution in [1.82, 2.24) is 13.9 Å². The van der Waals surface area contributed by atoms with Crippen LogP contribution in [0, 0.1) is 5.82 Å². The monoisotopic (exact) mass is 401 g/mol. The Balaban J connectivity index is 1.72. The highest BCUT2D eigenvalue weighted by atomic mass is 32.2. The molecule has 27 heavy (non-hydrogen) atoms. The van der Waals surface area contributed by atoms with Crippen LogP contribution in [-0.4, -0.2) is 75.8 Å². The van der Waals surface area contributed by atoms with Crippen molar-refractivity contribution >= 4 is 10.2 Å². The summed E-state index contributed by atoms with van der Waals surface area (Å²) in [5.74, 6) is -0.309. The van der Waals surface area contributed by atoms with E-state index in [-0.39, 0.29) is 30.6 Å². The SMILES string of the molecule is CC1CN(S(=O)(=O)NCC(c2ccc(F)cc2)N2CCOCC2)CC(C)O1. The van der Waals surface area contributed by atoms with Gasteiger partial charge < -0.3 is 9.47 Å². The van der Waals surface area contributed by atoms with Crippen molar-refractivity contribution < 1.29 is 22.3 Å². The highest BCUT2D eigenvalue weighted by molar-refractivity contribution is 7.87. The average molecular weight is 402 g/mol. The molecule has 0 radical (unpaired) electrons. The first-order valence-corrected chi connectivity index (χ1v) is 10.8. The standard InChI is InChI=1S/C18H28FN3O4S/c1-14-12-22(13-15(2)26-14)27(23,24)20-11-18(21-7-9-25-10-8-21)16-3-5-17(19)6-4-16/h3-6,14-15,18,20H,7-13H2,1-2H3. The molecule has 152 valence electrons. The summed E-state index contributed by atoms with van der Waals surface area (Å²) < 4.78 is 54.1. The minimum Gasteiger partial charge on any atom is -0.379 e. The van der Waals surface area contributed by atoms with Crippen molar-refractivity contribution in [3.05, 3.63) is 35.6 Å². The lowest BCUT2D eigenvalue weighted by atomic mass is 10.0. The fraction of sp³-hybridized carbons (Fsp3) is 0.667. The van der Waals surface area contributed by atoms with Gasteiger partial charge in [0.1, 0.15) is 5.82 Å². The normalized spacial score (nSPS) is 26.8. The molecule has 2 aliphatic rings. The van der Waals surface area contributed by atoms with E-state index in [1.165, 1.54) is 16.4 Å². The number of nitrogens with zero attached hydrogens (tertiary/aromatic N) is 2. The largest absolute Gasteiger partial charge is 0.379 e. The summed E-state index contributed by atoms with van der Waals surface area (Å²) in [5.41, 5.74) is 0.879. The van der Waals surface area contributed by atoms with E-state index in [9.17, 15) is 12.8 Å². The summed E-state index contributed by atoms with van der Waals surface area (Å²) in [4.78, 5) is 2.17. The zero-order valence-corrected chi connectivity index (χ0v) is 16.6. The molecule has 1 N–H and O–H groups in total. The summed E-state index contributed by atoms with van der Waals surface area (Å²) in [6, 6.07) is 6.05. The first kappa shape index (κ1) is 20.6. The number of hydrogen-bond acceptors (Lipinski definition) is 5. The molecule has 3 atom stereocenters. The maximum atomic E-state index is 13.3. The van der Waals surface area contributed by atoms with Crippen molar-refractivity contribution in [3.63, 3.8) is 0 Å². The van der Waals surface area contributed by atoms with Crippen molar-refractivity contribution in [2.45, 2.75) is 32.1 Å². The van der Waals surface area contributed by atoms with Crippen LogP contribution in [0.5, 0.6) is 0 Å². The van der Waals surface area contributed by atoms with Crippen LogP contribution < -0.4 is 4.72 Å². The van der Waals surface area contributed by atoms with E-state index in [0.29, 0.717) is 39.4 Å². The summed E-state index contributed by atoms with van der Waals surface area (Å²) in [6.07, 6.45) is -0.282. The van der Waals surface area contributed by atoms with E-state index >= 15 is 0 Å². The Hall–Kier alpha value is -1.10. The van der Waals surface area contributed by atoms with Gasteiger partial charge in [-0.15, -0.1) is 0 Å². The summed E-state index contributed by atoms with van der Waals surface area (Å²) >= 11 is 0. The molecule has 7 nitrogen and oxygen atoms in total. The zero-order chi connectivity index (χ0) is 19.4. The quantitative estimate of drug-likeness (QED) is 0.774. The van der Waals surface area contributed by atoms with Gasteiger partial charge in [0.15, 0.2) is 0 Å². The molecule has 0 saturated carbocycles. The van der Waals surface area contributed by atoms with Crippen LogP contribution in [0.4, 0.5) is 4.39 Å². The topological polar surface area (TPSA) is 71.1 Å². The molecule has 9 heteroatoms. The lowest BCUT2D eigenvalue weighted by Crippen LogP contribution is -2.53. The number of halogens is 1. The molecule has 2 fully saturated rings. The van der Waals surface area contributed by atoms with Gasteiger partial charge in [-0.2, -0.15) is 12.7 Å². The van der Waals surface area contributed by atoms with E-state index in [4.69, 9.17) is 9.47 Å². The Morgan fingerprint density at radius 3 is 2.33 bits per heavy atom. The molecule has 0 amide bonds. The molecular formula is C18H28FN3O4S. The van der Waals surface area contributed by atoms with Gasteiger partial charge in [0, 0.05) is 38.8 Å². The number of ether oxygens (including phenoxy) is 2. The highest BCUT2D eigenvalue weighted by Crippen LogP contribution is 2.22. The maximum Gasteiger partial charge on any atom is 0.279 e. The molecule has 0 aliphatic carbocycles. The summed E-state index contributed by atoms with van der Waals surface area (Å²) in [7, 11) is -3.63. The fourth-order valence-electron chi connectivity index (χ4n) is 3.63. The molecule has 0 aromatic heterocycles. The lowest BCUT2D eigenvalue weighted by Gasteiger charge is -2.37. The number of morpholine rings is 2. The van der Waals surface area contributed by atoms with E-state index in [2.05, 4.69) is 9.62 Å². The second-order valence-electron chi connectivity index (χ2n) is 7.14. The number of benzene rings is 1. The Morgan fingerprint density at radius 1 is 1.15 bits per heavy atom. The third-order valence-corrected chi connectivity index (χ3v) is 6.44. The Labute approximate surface area is 160 Å². The Kier molecular flexibility index (Phi) is 6.83. The van der Waals surface area contributed by atoms with Gasteiger partial charge in [-0.25, -0.2) is 9.11 Å². The van der Waals surface area contributed by atoms with Gasteiger partial charge in [-0.1, -0.05) is 12.1 Å². The van der Waals surface area contributed by atoms with Gasteiger partial charge in [0.05, 0.1) is 25.4 Å². The van der Waals surface area contributed by atoms with Gasteiger partial charge >= 0.3 is 0 Å². The fourth-order valence-corrected chi connectivity index (χ4v) is 5.00. The van der Waals surface area contributed by atoms with E-state index in [0.717, 1.165) is 5.56 Å². The van der Waals surface area contributed by atoms with E-state index in [1.54, 1.807) is 12.1 Å².